The zero-order chi connectivity index (χ0) is 21.0. The van der Waals surface area contributed by atoms with Crippen molar-refractivity contribution in [3.63, 3.8) is 0 Å². The van der Waals surface area contributed by atoms with Crippen LogP contribution >= 0.6 is 0 Å². The maximum absolute atomic E-state index is 13.3. The standard InChI is InChI=1S/C22H28N2O4S/c1-16-8-4-5-10-19(16)15-23-22(25)18-11-12-20(28-3)21(14-18)29(26,27)24-13-7-6-9-17(24)2/h4-5,8,10-12,14,17H,6-7,9,13,15H2,1-3H3,(H,23,25)/t17-/m0/s1. The Balaban J connectivity index is 1.86. The first-order chi connectivity index (χ1) is 13.8. The molecule has 1 atom stereocenters. The van der Waals surface area contributed by atoms with Gasteiger partial charge in [-0.2, -0.15) is 4.31 Å². The molecule has 2 aromatic carbocycles. The summed E-state index contributed by atoms with van der Waals surface area (Å²) < 4.78 is 33.4. The Morgan fingerprint density at radius 1 is 1.21 bits per heavy atom. The number of rotatable bonds is 6. The minimum absolute atomic E-state index is 0.0392. The average molecular weight is 417 g/mol. The highest BCUT2D eigenvalue weighted by Gasteiger charge is 2.33. The van der Waals surface area contributed by atoms with Gasteiger partial charge < -0.3 is 10.1 Å². The Morgan fingerprint density at radius 2 is 1.97 bits per heavy atom. The van der Waals surface area contributed by atoms with Gasteiger partial charge in [-0.1, -0.05) is 30.7 Å². The Hall–Kier alpha value is -2.38. The van der Waals surface area contributed by atoms with Gasteiger partial charge in [0.05, 0.1) is 7.11 Å². The molecular weight excluding hydrogens is 388 g/mol. The fourth-order valence-corrected chi connectivity index (χ4v) is 5.54. The van der Waals surface area contributed by atoms with Gasteiger partial charge in [0.25, 0.3) is 5.91 Å². The number of hydrogen-bond acceptors (Lipinski definition) is 4. The number of aryl methyl sites for hydroxylation is 1. The number of nitrogens with one attached hydrogen (secondary N) is 1. The molecule has 0 aromatic heterocycles. The van der Waals surface area contributed by atoms with E-state index < -0.39 is 10.0 Å². The van der Waals surface area contributed by atoms with E-state index in [9.17, 15) is 13.2 Å². The first-order valence-corrected chi connectivity index (χ1v) is 11.3. The van der Waals surface area contributed by atoms with Crippen LogP contribution in [0.5, 0.6) is 5.75 Å². The number of nitrogens with zero attached hydrogens (tertiary/aromatic N) is 1. The molecule has 0 radical (unpaired) electrons. The largest absolute Gasteiger partial charge is 0.495 e. The second-order valence-corrected chi connectivity index (χ2v) is 9.29. The third kappa shape index (κ3) is 4.62. The first-order valence-electron chi connectivity index (χ1n) is 9.87. The van der Waals surface area contributed by atoms with Crippen molar-refractivity contribution in [1.82, 2.24) is 9.62 Å². The predicted octanol–water partition coefficient (Wildman–Crippen LogP) is 3.50. The molecule has 0 aliphatic carbocycles. The van der Waals surface area contributed by atoms with Crippen molar-refractivity contribution >= 4 is 15.9 Å². The van der Waals surface area contributed by atoms with Crippen LogP contribution in [0.3, 0.4) is 0 Å². The van der Waals surface area contributed by atoms with Gasteiger partial charge in [-0.25, -0.2) is 8.42 Å². The smallest absolute Gasteiger partial charge is 0.251 e. The lowest BCUT2D eigenvalue weighted by Crippen LogP contribution is -2.42. The molecule has 2 aromatic rings. The highest BCUT2D eigenvalue weighted by Crippen LogP contribution is 2.31. The van der Waals surface area contributed by atoms with E-state index in [1.165, 1.54) is 17.5 Å². The van der Waals surface area contributed by atoms with Crippen molar-refractivity contribution in [1.29, 1.82) is 0 Å². The second kappa shape index (κ2) is 8.97. The molecule has 1 saturated heterocycles. The normalized spacial score (nSPS) is 17.7. The molecule has 1 N–H and O–H groups in total. The van der Waals surface area contributed by atoms with E-state index in [1.54, 1.807) is 12.1 Å². The molecule has 6 nitrogen and oxygen atoms in total. The molecule has 1 fully saturated rings. The monoisotopic (exact) mass is 416 g/mol. The average Bonchev–Trinajstić information content (AvgIpc) is 2.72. The van der Waals surface area contributed by atoms with E-state index in [4.69, 9.17) is 4.74 Å². The summed E-state index contributed by atoms with van der Waals surface area (Å²) in [5.41, 5.74) is 2.40. The summed E-state index contributed by atoms with van der Waals surface area (Å²) in [6, 6.07) is 12.3. The summed E-state index contributed by atoms with van der Waals surface area (Å²) in [5, 5.41) is 2.87. The highest BCUT2D eigenvalue weighted by atomic mass is 32.2. The molecule has 1 heterocycles. The molecule has 7 heteroatoms. The van der Waals surface area contributed by atoms with E-state index in [-0.39, 0.29) is 22.6 Å². The highest BCUT2D eigenvalue weighted by molar-refractivity contribution is 7.89. The van der Waals surface area contributed by atoms with Crippen LogP contribution in [0, 0.1) is 6.92 Å². The van der Waals surface area contributed by atoms with Crippen molar-refractivity contribution in [3.8, 4) is 5.75 Å². The number of benzene rings is 2. The maximum atomic E-state index is 13.3. The van der Waals surface area contributed by atoms with Gasteiger partial charge in [0, 0.05) is 24.7 Å². The molecule has 0 saturated carbocycles. The lowest BCUT2D eigenvalue weighted by Gasteiger charge is -2.32. The van der Waals surface area contributed by atoms with E-state index in [2.05, 4.69) is 5.32 Å². The van der Waals surface area contributed by atoms with Crippen LogP contribution < -0.4 is 10.1 Å². The van der Waals surface area contributed by atoms with Crippen LogP contribution in [0.2, 0.25) is 0 Å². The third-order valence-electron chi connectivity index (χ3n) is 5.46. The van der Waals surface area contributed by atoms with E-state index in [0.717, 1.165) is 30.4 Å². The van der Waals surface area contributed by atoms with Crippen LogP contribution in [-0.4, -0.2) is 38.3 Å². The molecular formula is C22H28N2O4S. The summed E-state index contributed by atoms with van der Waals surface area (Å²) in [7, 11) is -2.32. The lowest BCUT2D eigenvalue weighted by molar-refractivity contribution is 0.0950. The fraction of sp³-hybridized carbons (Fsp3) is 0.409. The van der Waals surface area contributed by atoms with Crippen LogP contribution in [-0.2, 0) is 16.6 Å². The van der Waals surface area contributed by atoms with Crippen LogP contribution in [0.1, 0.15) is 47.7 Å². The summed E-state index contributed by atoms with van der Waals surface area (Å²) in [5.74, 6) is -0.0720. The Labute approximate surface area is 172 Å². The number of piperidine rings is 1. The number of carbonyl (C=O) groups excluding carboxylic acids is 1. The summed E-state index contributed by atoms with van der Waals surface area (Å²) in [6.45, 7) is 4.76. The summed E-state index contributed by atoms with van der Waals surface area (Å²) >= 11 is 0. The zero-order valence-corrected chi connectivity index (χ0v) is 18.0. The van der Waals surface area contributed by atoms with Crippen LogP contribution in [0.15, 0.2) is 47.4 Å². The molecule has 3 rings (SSSR count). The van der Waals surface area contributed by atoms with Crippen molar-refractivity contribution in [2.75, 3.05) is 13.7 Å². The molecule has 1 aliphatic heterocycles. The predicted molar refractivity (Wildman–Crippen MR) is 113 cm³/mol. The molecule has 1 aliphatic rings. The molecule has 1 amide bonds. The van der Waals surface area contributed by atoms with Gasteiger partial charge in [0.1, 0.15) is 10.6 Å². The zero-order valence-electron chi connectivity index (χ0n) is 17.1. The minimum atomic E-state index is -3.76. The SMILES string of the molecule is COc1ccc(C(=O)NCc2ccccc2C)cc1S(=O)(=O)N1CCCC[C@@H]1C. The number of ether oxygens (including phenoxy) is 1. The molecule has 29 heavy (non-hydrogen) atoms. The van der Waals surface area contributed by atoms with E-state index >= 15 is 0 Å². The summed E-state index contributed by atoms with van der Waals surface area (Å²) in [6.07, 6.45) is 2.69. The molecule has 0 unspecified atom stereocenters. The van der Waals surface area contributed by atoms with Crippen LogP contribution in [0.25, 0.3) is 0 Å². The number of hydrogen-bond donors (Lipinski definition) is 1. The van der Waals surface area contributed by atoms with Crippen molar-refractivity contribution in [2.45, 2.75) is 50.6 Å². The maximum Gasteiger partial charge on any atom is 0.251 e. The third-order valence-corrected chi connectivity index (χ3v) is 7.49. The topological polar surface area (TPSA) is 75.7 Å². The lowest BCUT2D eigenvalue weighted by atomic mass is 10.1. The van der Waals surface area contributed by atoms with Gasteiger partial charge in [-0.05, 0) is 56.0 Å². The quantitative estimate of drug-likeness (QED) is 0.782. The number of methoxy groups -OCH3 is 1. The van der Waals surface area contributed by atoms with Gasteiger partial charge in [-0.3, -0.25) is 4.79 Å². The molecule has 156 valence electrons. The van der Waals surface area contributed by atoms with Crippen molar-refractivity contribution < 1.29 is 17.9 Å². The van der Waals surface area contributed by atoms with Crippen LogP contribution in [0.4, 0.5) is 0 Å². The van der Waals surface area contributed by atoms with Gasteiger partial charge >= 0.3 is 0 Å². The number of amides is 1. The van der Waals surface area contributed by atoms with Crippen molar-refractivity contribution in [2.24, 2.45) is 0 Å². The second-order valence-electron chi connectivity index (χ2n) is 7.44. The van der Waals surface area contributed by atoms with Gasteiger partial charge in [0.2, 0.25) is 10.0 Å². The Kier molecular flexibility index (Phi) is 6.59. The Morgan fingerprint density at radius 3 is 2.66 bits per heavy atom. The number of sulfonamides is 1. The van der Waals surface area contributed by atoms with Gasteiger partial charge in [-0.15, -0.1) is 0 Å². The van der Waals surface area contributed by atoms with Gasteiger partial charge in [0.15, 0.2) is 0 Å². The minimum Gasteiger partial charge on any atom is -0.495 e. The number of carbonyl (C=O) groups is 1. The summed E-state index contributed by atoms with van der Waals surface area (Å²) in [4.78, 5) is 12.7. The Bertz CT molecular complexity index is 988. The fourth-order valence-electron chi connectivity index (χ4n) is 3.66. The van der Waals surface area contributed by atoms with E-state index in [1.807, 2.05) is 38.1 Å². The molecule has 0 spiro atoms. The van der Waals surface area contributed by atoms with Crippen molar-refractivity contribution in [3.05, 3.63) is 59.2 Å². The van der Waals surface area contributed by atoms with E-state index in [0.29, 0.717) is 18.7 Å². The first kappa shape index (κ1) is 21.3. The molecule has 0 bridgehead atoms.